The van der Waals surface area contributed by atoms with Gasteiger partial charge in [-0.05, 0) is 24.3 Å². The predicted octanol–water partition coefficient (Wildman–Crippen LogP) is 4.90. The van der Waals surface area contributed by atoms with Gasteiger partial charge in [-0.1, -0.05) is 20.8 Å². The van der Waals surface area contributed by atoms with Gasteiger partial charge in [0.1, 0.15) is 29.4 Å². The Kier molecular flexibility index (Phi) is 5.52. The summed E-state index contributed by atoms with van der Waals surface area (Å²) >= 11 is 0. The van der Waals surface area contributed by atoms with Gasteiger partial charge in [0.2, 0.25) is 5.91 Å². The molecule has 6 rings (SSSR count). The van der Waals surface area contributed by atoms with Crippen molar-refractivity contribution in [1.82, 2.24) is 24.9 Å². The van der Waals surface area contributed by atoms with Crippen LogP contribution in [0.4, 0.5) is 11.5 Å². The number of hydrogen-bond acceptors (Lipinski definition) is 8. The Balaban J connectivity index is 1.40. The highest BCUT2D eigenvalue weighted by atomic mass is 16.3. The fourth-order valence-corrected chi connectivity index (χ4v) is 4.27. The van der Waals surface area contributed by atoms with Crippen LogP contribution in [-0.4, -0.2) is 50.3 Å². The second kappa shape index (κ2) is 8.91. The van der Waals surface area contributed by atoms with Crippen molar-refractivity contribution in [1.29, 1.82) is 0 Å². The summed E-state index contributed by atoms with van der Waals surface area (Å²) in [6, 6.07) is 7.68. The highest BCUT2D eigenvalue weighted by molar-refractivity contribution is 6.16. The van der Waals surface area contributed by atoms with Crippen molar-refractivity contribution in [3.63, 3.8) is 0 Å². The zero-order chi connectivity index (χ0) is 26.4. The first kappa shape index (κ1) is 23.5. The minimum atomic E-state index is -0.515. The Bertz CT molecular complexity index is 1700. The molecule has 0 spiro atoms. The van der Waals surface area contributed by atoms with E-state index in [1.165, 1.54) is 0 Å². The van der Waals surface area contributed by atoms with Crippen LogP contribution in [0.15, 0.2) is 71.0 Å². The maximum Gasteiger partial charge on any atom is 0.229 e. The van der Waals surface area contributed by atoms with Crippen LogP contribution in [-0.2, 0) is 4.79 Å². The van der Waals surface area contributed by atoms with Crippen molar-refractivity contribution in [3.05, 3.63) is 73.0 Å². The minimum Gasteiger partial charge on any atom is -0.472 e. The lowest BCUT2D eigenvalue weighted by Crippen LogP contribution is -2.28. The molecule has 38 heavy (non-hydrogen) atoms. The number of H-pyrrole nitrogens is 1. The van der Waals surface area contributed by atoms with Gasteiger partial charge in [-0.15, -0.1) is 0 Å². The largest absolute Gasteiger partial charge is 0.472 e. The van der Waals surface area contributed by atoms with Gasteiger partial charge in [-0.25, -0.2) is 9.97 Å². The van der Waals surface area contributed by atoms with Crippen LogP contribution in [0.5, 0.6) is 0 Å². The number of aliphatic imine (C=N–C) groups is 1. The summed E-state index contributed by atoms with van der Waals surface area (Å²) in [6.45, 7) is 6.07. The van der Waals surface area contributed by atoms with Gasteiger partial charge in [0.15, 0.2) is 5.82 Å². The molecule has 0 aromatic carbocycles. The number of pyridine rings is 3. The first-order chi connectivity index (χ1) is 18.3. The molecule has 0 bridgehead atoms. The monoisotopic (exact) mass is 506 g/mol. The van der Waals surface area contributed by atoms with Gasteiger partial charge in [0.05, 0.1) is 29.9 Å². The Labute approximate surface area is 218 Å². The fraction of sp³-hybridized carbons (Fsp3) is 0.214. The number of furan rings is 1. The van der Waals surface area contributed by atoms with E-state index >= 15 is 0 Å². The van der Waals surface area contributed by atoms with Crippen molar-refractivity contribution < 1.29 is 9.21 Å². The van der Waals surface area contributed by atoms with E-state index in [2.05, 4.69) is 20.3 Å². The Morgan fingerprint density at radius 1 is 1.08 bits per heavy atom. The van der Waals surface area contributed by atoms with E-state index in [1.807, 2.05) is 63.2 Å². The number of fused-ring (bicyclic) bond motifs is 2. The van der Waals surface area contributed by atoms with E-state index in [1.54, 1.807) is 31.1 Å². The number of hydrogen-bond donors (Lipinski definition) is 2. The molecule has 0 fully saturated rings. The molecule has 0 aliphatic carbocycles. The van der Waals surface area contributed by atoms with Gasteiger partial charge in [0, 0.05) is 53.3 Å². The topological polar surface area (TPSA) is 125 Å². The number of carbonyl (C=O) groups excluding carboxylic acids is 1. The fourth-order valence-electron chi connectivity index (χ4n) is 4.27. The zero-order valence-corrected chi connectivity index (χ0v) is 21.5. The number of rotatable bonds is 4. The molecule has 1 amide bonds. The minimum absolute atomic E-state index is 0.0785. The third-order valence-corrected chi connectivity index (χ3v) is 6.35. The predicted molar refractivity (Wildman–Crippen MR) is 146 cm³/mol. The Hall–Kier alpha value is -4.86. The normalized spacial score (nSPS) is 13.4. The molecular formula is C28H26N8O2. The molecule has 0 unspecified atom stereocenters. The highest BCUT2D eigenvalue weighted by Gasteiger charge is 2.25. The van der Waals surface area contributed by atoms with Crippen LogP contribution in [0.3, 0.4) is 0 Å². The molecule has 0 radical (unpaired) electrons. The summed E-state index contributed by atoms with van der Waals surface area (Å²) in [5.41, 5.74) is 6.53. The Morgan fingerprint density at radius 2 is 1.92 bits per heavy atom. The highest BCUT2D eigenvalue weighted by Crippen LogP contribution is 2.32. The van der Waals surface area contributed by atoms with Crippen molar-refractivity contribution in [2.75, 3.05) is 23.9 Å². The molecule has 6 heterocycles. The molecule has 1 aliphatic rings. The molecule has 5 aromatic heterocycles. The molecule has 0 saturated carbocycles. The first-order valence-electron chi connectivity index (χ1n) is 12.2. The summed E-state index contributed by atoms with van der Waals surface area (Å²) in [7, 11) is 1.95. The van der Waals surface area contributed by atoms with Crippen LogP contribution >= 0.6 is 0 Å². The van der Waals surface area contributed by atoms with E-state index < -0.39 is 5.41 Å². The standard InChI is InChI=1S/C28H26N8O2/c1-28(2,3)27(37)33-19-9-17(11-29-13-19)18-10-20-23(32-15-36(4)26(20)31-12-18)25-34-21-5-7-30-22(24(21)35-25)16-6-8-38-14-16/h5-14H,15H2,1-4H3,(H,33,37)(H,34,35). The maximum atomic E-state index is 12.5. The smallest absolute Gasteiger partial charge is 0.229 e. The van der Waals surface area contributed by atoms with E-state index in [9.17, 15) is 4.79 Å². The summed E-state index contributed by atoms with van der Waals surface area (Å²) < 4.78 is 5.26. The van der Waals surface area contributed by atoms with Gasteiger partial charge < -0.3 is 19.6 Å². The average Bonchev–Trinajstić information content (AvgIpc) is 3.59. The van der Waals surface area contributed by atoms with E-state index in [4.69, 9.17) is 19.4 Å². The van der Waals surface area contributed by atoms with Gasteiger partial charge >= 0.3 is 0 Å². The molecule has 10 heteroatoms. The number of aromatic amines is 1. The van der Waals surface area contributed by atoms with Crippen molar-refractivity contribution in [2.24, 2.45) is 10.4 Å². The molecule has 5 aromatic rings. The number of anilines is 2. The average molecular weight is 507 g/mol. The quantitative estimate of drug-likeness (QED) is 0.355. The number of amides is 1. The van der Waals surface area contributed by atoms with Crippen LogP contribution in [0.1, 0.15) is 32.2 Å². The third-order valence-electron chi connectivity index (χ3n) is 6.35. The molecule has 0 saturated heterocycles. The van der Waals surface area contributed by atoms with E-state index in [-0.39, 0.29) is 5.91 Å². The summed E-state index contributed by atoms with van der Waals surface area (Å²) in [5.74, 6) is 1.36. The summed E-state index contributed by atoms with van der Waals surface area (Å²) in [6.07, 6.45) is 10.2. The maximum absolute atomic E-state index is 12.5. The van der Waals surface area contributed by atoms with Gasteiger partial charge in [0.25, 0.3) is 0 Å². The molecule has 0 atom stereocenters. The zero-order valence-electron chi connectivity index (χ0n) is 21.5. The molecule has 190 valence electrons. The summed E-state index contributed by atoms with van der Waals surface area (Å²) in [4.78, 5) is 41.2. The molecular weight excluding hydrogens is 480 g/mol. The lowest BCUT2D eigenvalue weighted by atomic mass is 9.95. The number of nitrogens with zero attached hydrogens (tertiary/aromatic N) is 6. The van der Waals surface area contributed by atoms with Crippen LogP contribution in [0.2, 0.25) is 0 Å². The molecule has 2 N–H and O–H groups in total. The van der Waals surface area contributed by atoms with Crippen molar-refractivity contribution in [2.45, 2.75) is 20.8 Å². The van der Waals surface area contributed by atoms with E-state index in [0.29, 0.717) is 23.9 Å². The SMILES string of the molecule is CN1CN=C(c2nc3c(-c4ccoc4)nccc3[nH]2)c2cc(-c3cncc(NC(=O)C(C)(C)C)c3)cnc21. The lowest BCUT2D eigenvalue weighted by Gasteiger charge is -2.25. The number of aromatic nitrogens is 5. The second-order valence-electron chi connectivity index (χ2n) is 10.3. The van der Waals surface area contributed by atoms with Crippen LogP contribution in [0.25, 0.3) is 33.4 Å². The summed E-state index contributed by atoms with van der Waals surface area (Å²) in [5, 5.41) is 2.95. The van der Waals surface area contributed by atoms with Gasteiger partial charge in [-0.3, -0.25) is 19.8 Å². The number of nitrogens with one attached hydrogen (secondary N) is 2. The van der Waals surface area contributed by atoms with E-state index in [0.717, 1.165) is 44.8 Å². The van der Waals surface area contributed by atoms with Gasteiger partial charge in [-0.2, -0.15) is 0 Å². The third kappa shape index (κ3) is 4.19. The van der Waals surface area contributed by atoms with Crippen LogP contribution in [0, 0.1) is 5.41 Å². The number of imidazole rings is 1. The van der Waals surface area contributed by atoms with Crippen LogP contribution < -0.4 is 10.2 Å². The lowest BCUT2D eigenvalue weighted by molar-refractivity contribution is -0.123. The van der Waals surface area contributed by atoms with Crippen molar-refractivity contribution in [3.8, 4) is 22.4 Å². The van der Waals surface area contributed by atoms with Crippen molar-refractivity contribution >= 4 is 34.2 Å². The molecule has 10 nitrogen and oxygen atoms in total. The first-order valence-corrected chi connectivity index (χ1v) is 12.2. The second-order valence-corrected chi connectivity index (χ2v) is 10.3. The Morgan fingerprint density at radius 3 is 2.71 bits per heavy atom. The number of carbonyl (C=O) groups is 1. The molecule has 1 aliphatic heterocycles.